The molecule has 10 rings (SSSR count). The fourth-order valence-corrected chi connectivity index (χ4v) is 10.9. The number of urea groups is 1. The average Bonchev–Trinajstić information content (AvgIpc) is 2.97. The third-order valence-corrected chi connectivity index (χ3v) is 16.1. The van der Waals surface area contributed by atoms with Crippen LogP contribution in [0.4, 0.5) is 61.2 Å². The van der Waals surface area contributed by atoms with Crippen LogP contribution in [0.3, 0.4) is 0 Å². The molecule has 0 aliphatic carbocycles. The second-order valence-corrected chi connectivity index (χ2v) is 22.9. The van der Waals surface area contributed by atoms with Crippen LogP contribution in [0.1, 0.15) is 85.7 Å². The van der Waals surface area contributed by atoms with Gasteiger partial charge in [0.15, 0.2) is 0 Å². The Morgan fingerprint density at radius 2 is 1.15 bits per heavy atom. The first kappa shape index (κ1) is 63.2. The Balaban J connectivity index is 0.000000210. The number of amides is 3. The summed E-state index contributed by atoms with van der Waals surface area (Å²) in [6.07, 6.45) is 3.88. The van der Waals surface area contributed by atoms with E-state index in [1.54, 1.807) is 62.8 Å². The fraction of sp³-hybridized carbons (Fsp3) is 0.343. The lowest BCUT2D eigenvalue weighted by Gasteiger charge is -2.34. The number of benzene rings is 6. The monoisotopic (exact) mass is 1190 g/mol. The molecule has 2 aliphatic rings. The van der Waals surface area contributed by atoms with E-state index in [9.17, 15) is 9.59 Å². The first-order chi connectivity index (χ1) is 42.5. The standard InChI is InChI=1S/C37H47N7O2.C33H37N5O4/c1-8-27-12-17-32(33(22-27)46-7)44(37(45)41-36-30(25(2)3)10-9-11-31(36)26(4)5)35-23-34(38-24-39-35)40-28-13-15-29(16-14-28)43-20-18-42(6)19-21-43;1-23-7-6-8-24(2)32(23)42-33(39)38(28-14-13-27(40-4)22-29(28)41-5)31-15-16-34-30(35-31)21-25-9-11-26(12-10-25)37-19-17-36(3)18-20-37/h9-17,22-26H,8,18-21H2,1-7H3,(H,41,45)(H,38,39,40);6-16,22H,17-21H2,1-5H3. The summed E-state index contributed by atoms with van der Waals surface area (Å²) >= 11 is 0. The van der Waals surface area contributed by atoms with Gasteiger partial charge in [-0.3, -0.25) is 0 Å². The number of aryl methyl sites for hydroxylation is 3. The van der Waals surface area contributed by atoms with Crippen molar-refractivity contribution in [1.82, 2.24) is 29.7 Å². The number of methoxy groups -OCH3 is 3. The Bertz CT molecular complexity index is 3590. The van der Waals surface area contributed by atoms with E-state index in [0.29, 0.717) is 64.1 Å². The highest BCUT2D eigenvalue weighted by molar-refractivity contribution is 6.08. The lowest BCUT2D eigenvalue weighted by molar-refractivity contribution is 0.209. The molecule has 4 heterocycles. The van der Waals surface area contributed by atoms with Gasteiger partial charge >= 0.3 is 12.1 Å². The maximum atomic E-state index is 14.4. The van der Waals surface area contributed by atoms with Crippen LogP contribution in [0.25, 0.3) is 0 Å². The Kier molecular flexibility index (Phi) is 21.1. The lowest BCUT2D eigenvalue weighted by atomic mass is 9.93. The number of nitrogens with one attached hydrogen (secondary N) is 2. The van der Waals surface area contributed by atoms with Crippen LogP contribution in [-0.4, -0.2) is 130 Å². The highest BCUT2D eigenvalue weighted by Gasteiger charge is 2.29. The minimum absolute atomic E-state index is 0.221. The van der Waals surface area contributed by atoms with Crippen LogP contribution >= 0.6 is 0 Å². The highest BCUT2D eigenvalue weighted by atomic mass is 16.6. The predicted octanol–water partition coefficient (Wildman–Crippen LogP) is 14.0. The van der Waals surface area contributed by atoms with E-state index in [4.69, 9.17) is 23.9 Å². The summed E-state index contributed by atoms with van der Waals surface area (Å²) in [5.74, 6) is 4.51. The van der Waals surface area contributed by atoms with Crippen LogP contribution in [0, 0.1) is 13.8 Å². The third kappa shape index (κ3) is 15.5. The Morgan fingerprint density at radius 3 is 1.73 bits per heavy atom. The molecule has 0 spiro atoms. The van der Waals surface area contributed by atoms with E-state index < -0.39 is 6.09 Å². The van der Waals surface area contributed by atoms with Crippen LogP contribution in [0.5, 0.6) is 23.0 Å². The molecule has 0 unspecified atom stereocenters. The zero-order chi connectivity index (χ0) is 62.4. The molecule has 2 N–H and O–H groups in total. The van der Waals surface area contributed by atoms with Crippen LogP contribution in [0.2, 0.25) is 0 Å². The van der Waals surface area contributed by atoms with Crippen molar-refractivity contribution >= 4 is 63.7 Å². The molecule has 2 aliphatic heterocycles. The smallest absolute Gasteiger partial charge is 0.425 e. The first-order valence-electron chi connectivity index (χ1n) is 30.2. The second-order valence-electron chi connectivity index (χ2n) is 22.9. The summed E-state index contributed by atoms with van der Waals surface area (Å²) in [4.78, 5) is 59.2. The van der Waals surface area contributed by atoms with Crippen molar-refractivity contribution in [2.24, 2.45) is 0 Å². The lowest BCUT2D eigenvalue weighted by Crippen LogP contribution is -2.44. The average molecular weight is 1190 g/mol. The molecule has 0 atom stereocenters. The van der Waals surface area contributed by atoms with E-state index in [2.05, 4.69) is 161 Å². The number of piperazine rings is 2. The highest BCUT2D eigenvalue weighted by Crippen LogP contribution is 2.40. The SMILES string of the molecule is CCc1ccc(N(C(=O)Nc2c(C(C)C)cccc2C(C)C)c2cc(Nc3ccc(N4CCN(C)CC4)cc3)ncn2)c(OC)c1.COc1ccc(N(C(=O)Oc2c(C)cccc2C)c2ccnc(Cc3ccc(N4CCN(C)CC4)cc3)n2)c(OC)c1. The molecule has 8 aromatic rings. The summed E-state index contributed by atoms with van der Waals surface area (Å²) in [6.45, 7) is 22.8. The van der Waals surface area contributed by atoms with Crippen molar-refractivity contribution in [2.45, 2.75) is 73.1 Å². The number of carbonyl (C=O) groups is 2. The number of anilines is 9. The second kappa shape index (κ2) is 29.4. The number of ether oxygens (including phenoxy) is 4. The van der Waals surface area contributed by atoms with E-state index in [1.165, 1.54) is 22.6 Å². The zero-order valence-electron chi connectivity index (χ0n) is 53.0. The summed E-state index contributed by atoms with van der Waals surface area (Å²) in [6, 6.07) is 43.2. The first-order valence-corrected chi connectivity index (χ1v) is 30.2. The molecular formula is C70H84N12O6. The van der Waals surface area contributed by atoms with Gasteiger partial charge in [-0.15, -0.1) is 0 Å². The molecule has 0 saturated carbocycles. The maximum absolute atomic E-state index is 14.4. The van der Waals surface area contributed by atoms with E-state index in [-0.39, 0.29) is 17.9 Å². The predicted molar refractivity (Wildman–Crippen MR) is 354 cm³/mol. The molecule has 2 saturated heterocycles. The van der Waals surface area contributed by atoms with Gasteiger partial charge in [-0.1, -0.05) is 89.2 Å². The van der Waals surface area contributed by atoms with Gasteiger partial charge in [-0.2, -0.15) is 0 Å². The number of para-hydroxylation sites is 2. The van der Waals surface area contributed by atoms with Crippen molar-refractivity contribution in [1.29, 1.82) is 0 Å². The molecule has 18 nitrogen and oxygen atoms in total. The molecular weight excluding hydrogens is 1100 g/mol. The molecule has 0 bridgehead atoms. The maximum Gasteiger partial charge on any atom is 0.425 e. The fourth-order valence-electron chi connectivity index (χ4n) is 10.9. The van der Waals surface area contributed by atoms with Crippen molar-refractivity contribution in [3.63, 3.8) is 0 Å². The summed E-state index contributed by atoms with van der Waals surface area (Å²) in [7, 11) is 9.07. The van der Waals surface area contributed by atoms with Crippen molar-refractivity contribution in [3.05, 3.63) is 185 Å². The number of aromatic nitrogens is 4. The van der Waals surface area contributed by atoms with Gasteiger partial charge in [-0.05, 0) is 146 Å². The largest absolute Gasteiger partial charge is 0.497 e. The van der Waals surface area contributed by atoms with E-state index >= 15 is 0 Å². The summed E-state index contributed by atoms with van der Waals surface area (Å²) in [5, 5.41) is 6.67. The van der Waals surface area contributed by atoms with Gasteiger partial charge in [0.25, 0.3) is 0 Å². The minimum atomic E-state index is -0.614. The molecule has 88 heavy (non-hydrogen) atoms. The van der Waals surface area contributed by atoms with Crippen molar-refractivity contribution in [2.75, 3.05) is 118 Å². The molecule has 2 fully saturated rings. The summed E-state index contributed by atoms with van der Waals surface area (Å²) in [5.41, 5.74) is 11.3. The molecule has 6 aromatic carbocycles. The van der Waals surface area contributed by atoms with Crippen LogP contribution < -0.4 is 49.2 Å². The number of hydrogen-bond acceptors (Lipinski definition) is 15. The van der Waals surface area contributed by atoms with Gasteiger partial charge in [0.1, 0.15) is 52.6 Å². The normalized spacial score (nSPS) is 13.6. The molecule has 460 valence electrons. The van der Waals surface area contributed by atoms with Crippen molar-refractivity contribution < 1.29 is 28.5 Å². The third-order valence-electron chi connectivity index (χ3n) is 16.1. The number of likely N-dealkylation sites (N-methyl/N-ethyl adjacent to an activating group) is 2. The number of nitrogens with zero attached hydrogens (tertiary/aromatic N) is 10. The zero-order valence-corrected chi connectivity index (χ0v) is 53.0. The molecule has 18 heteroatoms. The number of rotatable bonds is 18. The van der Waals surface area contributed by atoms with E-state index in [0.717, 1.165) is 104 Å². The summed E-state index contributed by atoms with van der Waals surface area (Å²) < 4.78 is 22.8. The van der Waals surface area contributed by atoms with Gasteiger partial charge in [0.05, 0.1) is 32.7 Å². The number of carbonyl (C=O) groups excluding carboxylic acids is 2. The van der Waals surface area contributed by atoms with Crippen LogP contribution in [-0.2, 0) is 12.8 Å². The van der Waals surface area contributed by atoms with Gasteiger partial charge in [-0.25, -0.2) is 39.3 Å². The Hall–Kier alpha value is -9.26. The Labute approximate surface area is 519 Å². The van der Waals surface area contributed by atoms with Gasteiger partial charge < -0.3 is 49.2 Å². The van der Waals surface area contributed by atoms with E-state index in [1.807, 2.05) is 50.2 Å². The number of hydrogen-bond donors (Lipinski definition) is 2. The quantitative estimate of drug-likeness (QED) is 0.0832. The topological polar surface area (TPSA) is 166 Å². The molecule has 0 radical (unpaired) electrons. The molecule has 2 aromatic heterocycles. The van der Waals surface area contributed by atoms with Crippen molar-refractivity contribution in [3.8, 4) is 23.0 Å². The van der Waals surface area contributed by atoms with Gasteiger partial charge in [0.2, 0.25) is 0 Å². The minimum Gasteiger partial charge on any atom is -0.497 e. The van der Waals surface area contributed by atoms with Gasteiger partial charge in [0, 0.05) is 99.9 Å². The Morgan fingerprint density at radius 1 is 0.591 bits per heavy atom. The van der Waals surface area contributed by atoms with Crippen LogP contribution in [0.15, 0.2) is 146 Å². The molecule has 3 amide bonds.